The summed E-state index contributed by atoms with van der Waals surface area (Å²) in [7, 11) is -2.94. The quantitative estimate of drug-likeness (QED) is 0.246. The van der Waals surface area contributed by atoms with Crippen molar-refractivity contribution in [2.45, 2.75) is 50.0 Å². The molecule has 1 aromatic carbocycles. The molecular formula is C23H22F6N6O5S. The van der Waals surface area contributed by atoms with E-state index in [0.717, 1.165) is 30.5 Å². The van der Waals surface area contributed by atoms with E-state index in [1.807, 2.05) is 4.72 Å². The molecule has 41 heavy (non-hydrogen) atoms. The van der Waals surface area contributed by atoms with Crippen LogP contribution in [-0.4, -0.2) is 64.4 Å². The number of nitrogens with zero attached hydrogens (tertiary/aromatic N) is 4. The number of carbonyl (C=O) groups is 1. The molecule has 18 heteroatoms. The van der Waals surface area contributed by atoms with Crippen LogP contribution in [0.1, 0.15) is 45.6 Å². The monoisotopic (exact) mass is 608 g/mol. The SMILES string of the molecule is CNS(=O)(=O)O[C@@H]1C[C@H](Nc2ncncc2C(=O)c2ccn(Cc3cc(C(F)(F)F)ccc3C(F)(F)F)n2)C[C@@H]1O. The number of carbonyl (C=O) groups excluding carboxylic acids is 1. The van der Waals surface area contributed by atoms with Gasteiger partial charge in [0, 0.05) is 25.5 Å². The Kier molecular flexibility index (Phi) is 8.40. The van der Waals surface area contributed by atoms with Crippen LogP contribution in [0.15, 0.2) is 43.0 Å². The Hall–Kier alpha value is -3.61. The maximum Gasteiger partial charge on any atom is 0.416 e. The number of halogens is 6. The summed E-state index contributed by atoms with van der Waals surface area (Å²) in [5.41, 5.74) is -3.60. The number of aromatic nitrogens is 4. The van der Waals surface area contributed by atoms with E-state index in [0.29, 0.717) is 18.2 Å². The van der Waals surface area contributed by atoms with Gasteiger partial charge >= 0.3 is 22.7 Å². The lowest BCUT2D eigenvalue weighted by Crippen LogP contribution is -2.31. The molecule has 0 bridgehead atoms. The average Bonchev–Trinajstić information content (AvgIpc) is 3.48. The zero-order valence-corrected chi connectivity index (χ0v) is 21.8. The standard InChI is InChI=1S/C23H22F6N6O5S/c1-30-41(38,39)40-19-8-14(7-18(19)36)33-21-15(9-31-11-32-21)20(37)17-4-5-35(34-17)10-12-6-13(22(24,25)26)2-3-16(12)23(27,28)29/h2-6,9,11,14,18-19,30,36H,7-8,10H2,1H3,(H,31,32,33)/t14-,18+,19-/m1/s1. The number of hydrogen-bond acceptors (Lipinski definition) is 9. The Bertz CT molecular complexity index is 1530. The smallest absolute Gasteiger partial charge is 0.390 e. The van der Waals surface area contributed by atoms with Gasteiger partial charge in [0.15, 0.2) is 0 Å². The number of ketones is 1. The first kappa shape index (κ1) is 30.4. The molecule has 2 heterocycles. The number of alkyl halides is 6. The number of aliphatic hydroxyl groups excluding tert-OH is 1. The third-order valence-corrected chi connectivity index (χ3v) is 7.21. The zero-order chi connectivity index (χ0) is 30.2. The highest BCUT2D eigenvalue weighted by Crippen LogP contribution is 2.37. The van der Waals surface area contributed by atoms with Crippen LogP contribution in [0.25, 0.3) is 0 Å². The van der Waals surface area contributed by atoms with E-state index < -0.39 is 69.9 Å². The van der Waals surface area contributed by atoms with Gasteiger partial charge in [-0.2, -0.15) is 44.6 Å². The molecule has 1 fully saturated rings. The van der Waals surface area contributed by atoms with Crippen LogP contribution in [0.4, 0.5) is 32.2 Å². The Morgan fingerprint density at radius 2 is 1.88 bits per heavy atom. The van der Waals surface area contributed by atoms with Crippen molar-refractivity contribution in [3.8, 4) is 0 Å². The van der Waals surface area contributed by atoms with E-state index in [2.05, 4.69) is 20.4 Å². The fourth-order valence-electron chi connectivity index (χ4n) is 4.27. The van der Waals surface area contributed by atoms with Crippen LogP contribution in [0.5, 0.6) is 0 Å². The minimum atomic E-state index is -4.93. The number of aliphatic hydroxyl groups is 1. The molecule has 0 saturated heterocycles. The highest BCUT2D eigenvalue weighted by Gasteiger charge is 2.38. The second-order valence-electron chi connectivity index (χ2n) is 9.05. The van der Waals surface area contributed by atoms with Gasteiger partial charge in [-0.05, 0) is 42.7 Å². The molecule has 3 aromatic rings. The van der Waals surface area contributed by atoms with Gasteiger partial charge in [0.1, 0.15) is 23.9 Å². The van der Waals surface area contributed by atoms with Crippen molar-refractivity contribution in [3.63, 3.8) is 0 Å². The van der Waals surface area contributed by atoms with Crippen molar-refractivity contribution in [1.82, 2.24) is 24.5 Å². The minimum Gasteiger partial charge on any atom is -0.390 e. The van der Waals surface area contributed by atoms with Gasteiger partial charge in [-0.3, -0.25) is 13.7 Å². The summed E-state index contributed by atoms with van der Waals surface area (Å²) >= 11 is 0. The Labute approximate surface area is 228 Å². The van der Waals surface area contributed by atoms with E-state index in [9.17, 15) is 44.7 Å². The van der Waals surface area contributed by atoms with Crippen molar-refractivity contribution in [3.05, 3.63) is 70.9 Å². The van der Waals surface area contributed by atoms with Gasteiger partial charge in [-0.15, -0.1) is 0 Å². The number of rotatable bonds is 9. The molecule has 0 aliphatic heterocycles. The van der Waals surface area contributed by atoms with E-state index >= 15 is 0 Å². The molecule has 0 spiro atoms. The first-order valence-electron chi connectivity index (χ1n) is 11.8. The molecule has 2 aromatic heterocycles. The lowest BCUT2D eigenvalue weighted by Gasteiger charge is -2.16. The molecule has 1 saturated carbocycles. The van der Waals surface area contributed by atoms with Crippen molar-refractivity contribution in [2.75, 3.05) is 12.4 Å². The molecule has 1 aliphatic rings. The minimum absolute atomic E-state index is 0.00566. The van der Waals surface area contributed by atoms with Crippen molar-refractivity contribution < 1.29 is 48.8 Å². The largest absolute Gasteiger partial charge is 0.416 e. The van der Waals surface area contributed by atoms with E-state index in [1.54, 1.807) is 0 Å². The van der Waals surface area contributed by atoms with Crippen LogP contribution in [0.2, 0.25) is 0 Å². The number of benzene rings is 1. The average molecular weight is 609 g/mol. The molecular weight excluding hydrogens is 586 g/mol. The fraction of sp³-hybridized carbons (Fsp3) is 0.391. The second kappa shape index (κ2) is 11.3. The number of hydrogen-bond donors (Lipinski definition) is 3. The van der Waals surface area contributed by atoms with E-state index in [-0.39, 0.29) is 29.9 Å². The van der Waals surface area contributed by atoms with E-state index in [4.69, 9.17) is 4.18 Å². The molecule has 0 amide bonds. The normalized spacial score (nSPS) is 19.9. The zero-order valence-electron chi connectivity index (χ0n) is 20.9. The van der Waals surface area contributed by atoms with Gasteiger partial charge in [-0.1, -0.05) is 0 Å². The van der Waals surface area contributed by atoms with Crippen LogP contribution >= 0.6 is 0 Å². The van der Waals surface area contributed by atoms with Crippen LogP contribution in [-0.2, 0) is 33.4 Å². The van der Waals surface area contributed by atoms with E-state index in [1.165, 1.54) is 6.07 Å². The van der Waals surface area contributed by atoms with Crippen molar-refractivity contribution in [2.24, 2.45) is 0 Å². The first-order valence-corrected chi connectivity index (χ1v) is 13.2. The van der Waals surface area contributed by atoms with Gasteiger partial charge in [0.05, 0.1) is 29.3 Å². The highest BCUT2D eigenvalue weighted by molar-refractivity contribution is 7.84. The maximum atomic E-state index is 13.5. The second-order valence-corrected chi connectivity index (χ2v) is 10.6. The molecule has 222 valence electrons. The van der Waals surface area contributed by atoms with Crippen LogP contribution in [0.3, 0.4) is 0 Å². The Balaban J connectivity index is 1.53. The predicted octanol–water partition coefficient (Wildman–Crippen LogP) is 2.77. The molecule has 1 aliphatic carbocycles. The van der Waals surface area contributed by atoms with Gasteiger partial charge in [0.2, 0.25) is 5.78 Å². The van der Waals surface area contributed by atoms with Crippen LogP contribution < -0.4 is 10.0 Å². The molecule has 4 rings (SSSR count). The highest BCUT2D eigenvalue weighted by atomic mass is 32.2. The predicted molar refractivity (Wildman–Crippen MR) is 129 cm³/mol. The first-order chi connectivity index (χ1) is 19.1. The molecule has 0 unspecified atom stereocenters. The fourth-order valence-corrected chi connectivity index (χ4v) is 4.90. The summed E-state index contributed by atoms with van der Waals surface area (Å²) in [6.45, 7) is -0.709. The Morgan fingerprint density at radius 3 is 2.54 bits per heavy atom. The van der Waals surface area contributed by atoms with Gasteiger partial charge in [0.25, 0.3) is 0 Å². The molecule has 3 N–H and O–H groups in total. The number of nitrogens with one attached hydrogen (secondary N) is 2. The summed E-state index contributed by atoms with van der Waals surface area (Å²) in [4.78, 5) is 21.0. The topological polar surface area (TPSA) is 148 Å². The van der Waals surface area contributed by atoms with Crippen molar-refractivity contribution in [1.29, 1.82) is 0 Å². The maximum absolute atomic E-state index is 13.5. The summed E-state index contributed by atoms with van der Waals surface area (Å²) in [6.07, 6.45) is -8.52. The van der Waals surface area contributed by atoms with Crippen molar-refractivity contribution >= 4 is 21.9 Å². The summed E-state index contributed by atoms with van der Waals surface area (Å²) in [5.74, 6) is -0.748. The Morgan fingerprint density at radius 1 is 1.15 bits per heavy atom. The third kappa shape index (κ3) is 7.19. The summed E-state index contributed by atoms with van der Waals surface area (Å²) in [5, 5.41) is 17.1. The van der Waals surface area contributed by atoms with Gasteiger partial charge < -0.3 is 10.4 Å². The molecule has 0 radical (unpaired) electrons. The van der Waals surface area contributed by atoms with Crippen LogP contribution in [0, 0.1) is 0 Å². The molecule has 3 atom stereocenters. The lowest BCUT2D eigenvalue weighted by molar-refractivity contribution is -0.141. The summed E-state index contributed by atoms with van der Waals surface area (Å²) < 4.78 is 111. The summed E-state index contributed by atoms with van der Waals surface area (Å²) in [6, 6.07) is 1.67. The molecule has 11 nitrogen and oxygen atoms in total. The van der Waals surface area contributed by atoms with Gasteiger partial charge in [-0.25, -0.2) is 9.97 Å². The third-order valence-electron chi connectivity index (χ3n) is 6.21. The lowest BCUT2D eigenvalue weighted by atomic mass is 10.0. The number of anilines is 1.